The van der Waals surface area contributed by atoms with Crippen molar-refractivity contribution in [2.45, 2.75) is 32.8 Å². The second-order valence-electron chi connectivity index (χ2n) is 5.87. The van der Waals surface area contributed by atoms with Gasteiger partial charge in [0, 0.05) is 6.54 Å². The van der Waals surface area contributed by atoms with E-state index < -0.39 is 0 Å². The lowest BCUT2D eigenvalue weighted by molar-refractivity contribution is 0.0950. The lowest BCUT2D eigenvalue weighted by atomic mass is 10.1. The number of nitrogens with one attached hydrogen (secondary N) is 1. The molecule has 1 amide bonds. The number of benzene rings is 2. The first kappa shape index (κ1) is 17.9. The summed E-state index contributed by atoms with van der Waals surface area (Å²) in [5, 5.41) is 2.94. The van der Waals surface area contributed by atoms with Gasteiger partial charge < -0.3 is 14.8 Å². The predicted molar refractivity (Wildman–Crippen MR) is 95.9 cm³/mol. The highest BCUT2D eigenvalue weighted by atomic mass is 16.5. The second-order valence-corrected chi connectivity index (χ2v) is 5.87. The van der Waals surface area contributed by atoms with E-state index in [0.717, 1.165) is 18.6 Å². The molecule has 4 heteroatoms. The third kappa shape index (κ3) is 5.30. The first-order valence-electron chi connectivity index (χ1n) is 8.27. The number of ether oxygens (including phenoxy) is 2. The van der Waals surface area contributed by atoms with Crippen LogP contribution in [-0.2, 0) is 6.42 Å². The minimum atomic E-state index is -0.107. The van der Waals surface area contributed by atoms with Crippen molar-refractivity contribution in [1.82, 2.24) is 5.32 Å². The lowest BCUT2D eigenvalue weighted by Gasteiger charge is -2.11. The summed E-state index contributed by atoms with van der Waals surface area (Å²) < 4.78 is 10.9. The van der Waals surface area contributed by atoms with Crippen LogP contribution in [-0.4, -0.2) is 25.7 Å². The van der Waals surface area contributed by atoms with E-state index >= 15 is 0 Å². The fourth-order valence-corrected chi connectivity index (χ4v) is 2.47. The van der Waals surface area contributed by atoms with Gasteiger partial charge in [-0.3, -0.25) is 4.79 Å². The van der Waals surface area contributed by atoms with E-state index in [1.165, 1.54) is 5.56 Å². The van der Waals surface area contributed by atoms with E-state index in [0.29, 0.717) is 17.9 Å². The Bertz CT molecular complexity index is 667. The molecule has 0 bridgehead atoms. The molecule has 1 N–H and O–H groups in total. The average Bonchev–Trinajstić information content (AvgIpc) is 2.58. The molecule has 128 valence electrons. The van der Waals surface area contributed by atoms with E-state index in [4.69, 9.17) is 9.47 Å². The number of carbonyl (C=O) groups excluding carboxylic acids is 1. The molecule has 0 aliphatic rings. The highest BCUT2D eigenvalue weighted by Crippen LogP contribution is 2.17. The molecule has 2 aromatic carbocycles. The SMILES string of the molecule is COc1ccccc1C(=O)NCCCc1cccc(OC(C)C)c1. The van der Waals surface area contributed by atoms with E-state index in [1.54, 1.807) is 19.2 Å². The average molecular weight is 327 g/mol. The zero-order chi connectivity index (χ0) is 17.4. The Kier molecular flexibility index (Phi) is 6.67. The van der Waals surface area contributed by atoms with Crippen molar-refractivity contribution in [3.05, 3.63) is 59.7 Å². The Balaban J connectivity index is 1.81. The third-order valence-electron chi connectivity index (χ3n) is 3.55. The van der Waals surface area contributed by atoms with Gasteiger partial charge in [-0.2, -0.15) is 0 Å². The molecule has 0 spiro atoms. The van der Waals surface area contributed by atoms with Crippen molar-refractivity contribution in [2.75, 3.05) is 13.7 Å². The third-order valence-corrected chi connectivity index (χ3v) is 3.55. The fraction of sp³-hybridized carbons (Fsp3) is 0.350. The van der Waals surface area contributed by atoms with Crippen molar-refractivity contribution in [2.24, 2.45) is 0 Å². The summed E-state index contributed by atoms with van der Waals surface area (Å²) >= 11 is 0. The molecule has 0 saturated carbocycles. The standard InChI is InChI=1S/C20H25NO3/c1-15(2)24-17-10-6-8-16(14-17)9-7-13-21-20(22)18-11-4-5-12-19(18)23-3/h4-6,8,10-12,14-15H,7,9,13H2,1-3H3,(H,21,22). The second kappa shape index (κ2) is 8.96. The number of carbonyl (C=O) groups is 1. The van der Waals surface area contributed by atoms with Gasteiger partial charge in [-0.05, 0) is 56.5 Å². The highest BCUT2D eigenvalue weighted by molar-refractivity contribution is 5.96. The molecule has 0 aliphatic heterocycles. The Hall–Kier alpha value is -2.49. The van der Waals surface area contributed by atoms with E-state index in [1.807, 2.05) is 38.1 Å². The molecule has 0 aromatic heterocycles. The summed E-state index contributed by atoms with van der Waals surface area (Å²) in [7, 11) is 1.57. The highest BCUT2D eigenvalue weighted by Gasteiger charge is 2.10. The molecule has 24 heavy (non-hydrogen) atoms. The molecule has 2 aromatic rings. The van der Waals surface area contributed by atoms with Gasteiger partial charge in [0.15, 0.2) is 0 Å². The van der Waals surface area contributed by atoms with Crippen LogP contribution in [0.4, 0.5) is 0 Å². The van der Waals surface area contributed by atoms with Crippen LogP contribution in [0, 0.1) is 0 Å². The Morgan fingerprint density at radius 2 is 1.92 bits per heavy atom. The maximum atomic E-state index is 12.2. The largest absolute Gasteiger partial charge is 0.496 e. The number of rotatable bonds is 8. The smallest absolute Gasteiger partial charge is 0.255 e. The first-order chi connectivity index (χ1) is 11.6. The number of para-hydroxylation sites is 1. The summed E-state index contributed by atoms with van der Waals surface area (Å²) in [5.41, 5.74) is 1.77. The van der Waals surface area contributed by atoms with Gasteiger partial charge in [0.2, 0.25) is 0 Å². The van der Waals surface area contributed by atoms with Gasteiger partial charge in [-0.1, -0.05) is 24.3 Å². The van der Waals surface area contributed by atoms with Crippen molar-refractivity contribution in [3.63, 3.8) is 0 Å². The summed E-state index contributed by atoms with van der Waals surface area (Å²) in [6, 6.07) is 15.3. The fourth-order valence-electron chi connectivity index (χ4n) is 2.47. The van der Waals surface area contributed by atoms with Gasteiger partial charge in [-0.25, -0.2) is 0 Å². The molecule has 0 heterocycles. The zero-order valence-corrected chi connectivity index (χ0v) is 14.5. The first-order valence-corrected chi connectivity index (χ1v) is 8.27. The van der Waals surface area contributed by atoms with Crippen molar-refractivity contribution in [3.8, 4) is 11.5 Å². The quantitative estimate of drug-likeness (QED) is 0.749. The number of methoxy groups -OCH3 is 1. The Morgan fingerprint density at radius 1 is 1.12 bits per heavy atom. The molecule has 0 atom stereocenters. The van der Waals surface area contributed by atoms with Crippen LogP contribution in [0.1, 0.15) is 36.2 Å². The topological polar surface area (TPSA) is 47.6 Å². The van der Waals surface area contributed by atoms with Crippen molar-refractivity contribution < 1.29 is 14.3 Å². The number of hydrogen-bond acceptors (Lipinski definition) is 3. The lowest BCUT2D eigenvalue weighted by Crippen LogP contribution is -2.25. The van der Waals surface area contributed by atoms with Crippen LogP contribution in [0.25, 0.3) is 0 Å². The van der Waals surface area contributed by atoms with Crippen molar-refractivity contribution in [1.29, 1.82) is 0 Å². The normalized spacial score (nSPS) is 10.5. The van der Waals surface area contributed by atoms with Gasteiger partial charge in [0.25, 0.3) is 5.91 Å². The zero-order valence-electron chi connectivity index (χ0n) is 14.5. The molecule has 2 rings (SSSR count). The summed E-state index contributed by atoms with van der Waals surface area (Å²) in [4.78, 5) is 12.2. The minimum absolute atomic E-state index is 0.107. The molecule has 0 fully saturated rings. The molecule has 0 saturated heterocycles. The molecule has 0 unspecified atom stereocenters. The number of amides is 1. The van der Waals surface area contributed by atoms with Gasteiger partial charge in [-0.15, -0.1) is 0 Å². The van der Waals surface area contributed by atoms with Crippen molar-refractivity contribution >= 4 is 5.91 Å². The Morgan fingerprint density at radius 3 is 2.67 bits per heavy atom. The minimum Gasteiger partial charge on any atom is -0.496 e. The number of hydrogen-bond donors (Lipinski definition) is 1. The van der Waals surface area contributed by atoms with Gasteiger partial charge >= 0.3 is 0 Å². The monoisotopic (exact) mass is 327 g/mol. The van der Waals surface area contributed by atoms with Gasteiger partial charge in [0.1, 0.15) is 11.5 Å². The molecular weight excluding hydrogens is 302 g/mol. The van der Waals surface area contributed by atoms with E-state index in [9.17, 15) is 4.79 Å². The molecule has 0 radical (unpaired) electrons. The molecule has 4 nitrogen and oxygen atoms in total. The number of aryl methyl sites for hydroxylation is 1. The molecular formula is C20H25NO3. The van der Waals surface area contributed by atoms with Crippen LogP contribution >= 0.6 is 0 Å². The van der Waals surface area contributed by atoms with Crippen LogP contribution < -0.4 is 14.8 Å². The predicted octanol–water partition coefficient (Wildman–Crippen LogP) is 3.85. The van der Waals surface area contributed by atoms with Crippen LogP contribution in [0.2, 0.25) is 0 Å². The van der Waals surface area contributed by atoms with Crippen LogP contribution in [0.5, 0.6) is 11.5 Å². The van der Waals surface area contributed by atoms with Gasteiger partial charge in [0.05, 0.1) is 18.8 Å². The summed E-state index contributed by atoms with van der Waals surface area (Å²) in [5.74, 6) is 1.37. The Labute approximate surface area is 143 Å². The maximum Gasteiger partial charge on any atom is 0.255 e. The van der Waals surface area contributed by atoms with Crippen LogP contribution in [0.3, 0.4) is 0 Å². The summed E-state index contributed by atoms with van der Waals surface area (Å²) in [6.07, 6.45) is 1.92. The van der Waals surface area contributed by atoms with E-state index in [2.05, 4.69) is 17.4 Å². The maximum absolute atomic E-state index is 12.2. The van der Waals surface area contributed by atoms with E-state index in [-0.39, 0.29) is 12.0 Å². The summed E-state index contributed by atoms with van der Waals surface area (Å²) in [6.45, 7) is 4.65. The molecule has 0 aliphatic carbocycles. The van der Waals surface area contributed by atoms with Crippen LogP contribution in [0.15, 0.2) is 48.5 Å².